The second-order valence-corrected chi connectivity index (χ2v) is 8.67. The van der Waals surface area contributed by atoms with Crippen LogP contribution in [-0.2, 0) is 4.79 Å². The fourth-order valence-corrected chi connectivity index (χ4v) is 4.40. The highest BCUT2D eigenvalue weighted by Gasteiger charge is 2.28. The zero-order valence-corrected chi connectivity index (χ0v) is 15.2. The maximum atomic E-state index is 11.4. The maximum Gasteiger partial charge on any atom is 0.220 e. The van der Waals surface area contributed by atoms with Crippen molar-refractivity contribution < 1.29 is 4.79 Å². The lowest BCUT2D eigenvalue weighted by Crippen LogP contribution is -2.34. The first-order valence-corrected chi connectivity index (χ1v) is 9.59. The van der Waals surface area contributed by atoms with Gasteiger partial charge in [0.15, 0.2) is 0 Å². The van der Waals surface area contributed by atoms with Crippen LogP contribution in [0.25, 0.3) is 0 Å². The van der Waals surface area contributed by atoms with Gasteiger partial charge in [-0.25, -0.2) is 0 Å². The summed E-state index contributed by atoms with van der Waals surface area (Å²) in [5.41, 5.74) is 8.65. The molecule has 2 saturated carbocycles. The Morgan fingerprint density at radius 1 is 1.08 bits per heavy atom. The fraction of sp³-hybridized carbons (Fsp3) is 0.667. The number of hydrogen-bond donors (Lipinski definition) is 2. The molecule has 0 spiro atoms. The summed E-state index contributed by atoms with van der Waals surface area (Å²) in [6.45, 7) is 4.78. The Morgan fingerprint density at radius 3 is 2.38 bits per heavy atom. The Labute approximate surface area is 146 Å². The summed E-state index contributed by atoms with van der Waals surface area (Å²) in [7, 11) is 0. The van der Waals surface area contributed by atoms with Crippen LogP contribution in [0.1, 0.15) is 76.7 Å². The van der Waals surface area contributed by atoms with Crippen molar-refractivity contribution in [3.8, 4) is 0 Å². The van der Waals surface area contributed by atoms with Crippen LogP contribution in [0.2, 0.25) is 0 Å². The molecule has 0 saturated heterocycles. The molecule has 0 aliphatic heterocycles. The van der Waals surface area contributed by atoms with Crippen LogP contribution in [0.5, 0.6) is 0 Å². The van der Waals surface area contributed by atoms with Crippen molar-refractivity contribution in [2.24, 2.45) is 17.1 Å². The van der Waals surface area contributed by atoms with Gasteiger partial charge in [-0.1, -0.05) is 32.4 Å². The minimum absolute atomic E-state index is 0.0427. The van der Waals surface area contributed by atoms with Gasteiger partial charge >= 0.3 is 0 Å². The number of anilines is 1. The van der Waals surface area contributed by atoms with E-state index in [-0.39, 0.29) is 11.8 Å². The molecule has 2 fully saturated rings. The molecule has 3 rings (SSSR count). The number of rotatable bonds is 4. The first-order chi connectivity index (χ1) is 11.4. The van der Waals surface area contributed by atoms with E-state index in [9.17, 15) is 4.79 Å². The number of nitrogens with two attached hydrogens (primary N) is 1. The van der Waals surface area contributed by atoms with Crippen LogP contribution in [0.15, 0.2) is 24.3 Å². The van der Waals surface area contributed by atoms with Crippen molar-refractivity contribution in [3.63, 3.8) is 0 Å². The van der Waals surface area contributed by atoms with E-state index in [0.29, 0.717) is 11.5 Å². The quantitative estimate of drug-likeness (QED) is 0.832. The highest BCUT2D eigenvalue weighted by molar-refractivity contribution is 5.76. The molecule has 3 nitrogen and oxygen atoms in total. The number of amides is 1. The summed E-state index contributed by atoms with van der Waals surface area (Å²) < 4.78 is 0. The van der Waals surface area contributed by atoms with E-state index in [2.05, 4.69) is 43.4 Å². The third kappa shape index (κ3) is 4.31. The highest BCUT2D eigenvalue weighted by Crippen LogP contribution is 2.42. The third-order valence-corrected chi connectivity index (χ3v) is 6.17. The molecule has 1 amide bonds. The zero-order chi connectivity index (χ0) is 17.2. The molecule has 1 aromatic rings. The second kappa shape index (κ2) is 7.16. The van der Waals surface area contributed by atoms with Gasteiger partial charge in [0.2, 0.25) is 5.91 Å². The Kier molecular flexibility index (Phi) is 5.17. The van der Waals surface area contributed by atoms with E-state index in [1.165, 1.54) is 36.9 Å². The van der Waals surface area contributed by atoms with Gasteiger partial charge in [-0.3, -0.25) is 4.79 Å². The Morgan fingerprint density at radius 2 is 1.75 bits per heavy atom. The van der Waals surface area contributed by atoms with Gasteiger partial charge in [-0.15, -0.1) is 0 Å². The molecule has 0 aromatic heterocycles. The fourth-order valence-electron chi connectivity index (χ4n) is 4.40. The Balaban J connectivity index is 1.56. The summed E-state index contributed by atoms with van der Waals surface area (Å²) in [6.07, 6.45) is 9.30. The topological polar surface area (TPSA) is 55.1 Å². The minimum atomic E-state index is -0.142. The molecule has 24 heavy (non-hydrogen) atoms. The van der Waals surface area contributed by atoms with Gasteiger partial charge in [0, 0.05) is 17.6 Å². The van der Waals surface area contributed by atoms with Crippen LogP contribution in [0.3, 0.4) is 0 Å². The van der Waals surface area contributed by atoms with Crippen molar-refractivity contribution in [1.82, 2.24) is 0 Å². The lowest BCUT2D eigenvalue weighted by molar-refractivity contribution is -0.122. The number of carbonyl (C=O) groups is 1. The second-order valence-electron chi connectivity index (χ2n) is 8.67. The molecule has 2 aliphatic rings. The van der Waals surface area contributed by atoms with Crippen LogP contribution in [0.4, 0.5) is 5.69 Å². The van der Waals surface area contributed by atoms with Crippen LogP contribution in [-0.4, -0.2) is 11.9 Å². The molecule has 132 valence electrons. The monoisotopic (exact) mass is 328 g/mol. The van der Waals surface area contributed by atoms with E-state index in [0.717, 1.165) is 31.6 Å². The van der Waals surface area contributed by atoms with Gasteiger partial charge in [0.05, 0.1) is 0 Å². The van der Waals surface area contributed by atoms with Gasteiger partial charge < -0.3 is 11.1 Å². The van der Waals surface area contributed by atoms with Crippen molar-refractivity contribution in [2.45, 2.75) is 77.2 Å². The van der Waals surface area contributed by atoms with Crippen LogP contribution >= 0.6 is 0 Å². The molecule has 2 unspecified atom stereocenters. The predicted molar refractivity (Wildman–Crippen MR) is 100.0 cm³/mol. The predicted octanol–water partition coefficient (Wildman–Crippen LogP) is 4.83. The number of primary amides is 1. The summed E-state index contributed by atoms with van der Waals surface area (Å²) in [5, 5.41) is 3.60. The smallest absolute Gasteiger partial charge is 0.220 e. The summed E-state index contributed by atoms with van der Waals surface area (Å²) in [6, 6.07) is 9.38. The summed E-state index contributed by atoms with van der Waals surface area (Å²) >= 11 is 0. The molecule has 2 atom stereocenters. The highest BCUT2D eigenvalue weighted by atomic mass is 16.1. The molecule has 3 N–H and O–H groups in total. The molecule has 0 bridgehead atoms. The van der Waals surface area contributed by atoms with Gasteiger partial charge in [-0.05, 0) is 74.0 Å². The average molecular weight is 329 g/mol. The van der Waals surface area contributed by atoms with Crippen LogP contribution in [0, 0.1) is 11.3 Å². The van der Waals surface area contributed by atoms with E-state index < -0.39 is 0 Å². The molecule has 1 aromatic carbocycles. The van der Waals surface area contributed by atoms with Crippen molar-refractivity contribution >= 4 is 11.6 Å². The van der Waals surface area contributed by atoms with E-state index in [4.69, 9.17) is 5.73 Å². The Bertz CT molecular complexity index is 554. The van der Waals surface area contributed by atoms with Crippen molar-refractivity contribution in [3.05, 3.63) is 29.8 Å². The van der Waals surface area contributed by atoms with Crippen LogP contribution < -0.4 is 11.1 Å². The van der Waals surface area contributed by atoms with Gasteiger partial charge in [0.1, 0.15) is 0 Å². The van der Waals surface area contributed by atoms with E-state index in [1.54, 1.807) is 0 Å². The molecule has 0 radical (unpaired) electrons. The first-order valence-electron chi connectivity index (χ1n) is 9.59. The largest absolute Gasteiger partial charge is 0.382 e. The molecular weight excluding hydrogens is 296 g/mol. The first kappa shape index (κ1) is 17.3. The zero-order valence-electron chi connectivity index (χ0n) is 15.2. The van der Waals surface area contributed by atoms with Crippen molar-refractivity contribution in [1.29, 1.82) is 0 Å². The van der Waals surface area contributed by atoms with E-state index in [1.807, 2.05) is 0 Å². The molecular formula is C21H32N2O. The standard InChI is InChI=1S/C21H32N2O/c1-21(2)12-10-16(11-13-21)15-6-8-18(9-7-15)23-19-5-3-4-17(14-19)20(22)24/h6-9,16-17,19,23H,3-5,10-14H2,1-2H3,(H2,22,24). The third-order valence-electron chi connectivity index (χ3n) is 6.17. The number of hydrogen-bond acceptors (Lipinski definition) is 2. The number of benzene rings is 1. The minimum Gasteiger partial charge on any atom is -0.382 e. The number of nitrogens with one attached hydrogen (secondary N) is 1. The van der Waals surface area contributed by atoms with Gasteiger partial charge in [0.25, 0.3) is 0 Å². The summed E-state index contributed by atoms with van der Waals surface area (Å²) in [4.78, 5) is 11.4. The van der Waals surface area contributed by atoms with Gasteiger partial charge in [-0.2, -0.15) is 0 Å². The van der Waals surface area contributed by atoms with E-state index >= 15 is 0 Å². The maximum absolute atomic E-state index is 11.4. The lowest BCUT2D eigenvalue weighted by Gasteiger charge is -2.34. The average Bonchev–Trinajstić information content (AvgIpc) is 2.56. The normalized spacial score (nSPS) is 27.6. The Hall–Kier alpha value is -1.51. The van der Waals surface area contributed by atoms with Crippen molar-refractivity contribution in [2.75, 3.05) is 5.32 Å². The molecule has 2 aliphatic carbocycles. The SMILES string of the molecule is CC1(C)CCC(c2ccc(NC3CCCC(C(N)=O)C3)cc2)CC1. The molecule has 0 heterocycles. The number of carbonyl (C=O) groups excluding carboxylic acids is 1. The lowest BCUT2D eigenvalue weighted by atomic mass is 9.71. The summed E-state index contributed by atoms with van der Waals surface area (Å²) in [5.74, 6) is 0.624. The molecule has 3 heteroatoms.